The van der Waals surface area contributed by atoms with E-state index in [4.69, 9.17) is 16.3 Å². The van der Waals surface area contributed by atoms with Crippen molar-refractivity contribution in [3.8, 4) is 5.75 Å². The van der Waals surface area contributed by atoms with Crippen LogP contribution in [0.4, 0.5) is 0 Å². The SMILES string of the molecule is CC(C)[C@@H](NC(=O)C1=Cc2cc(Cl)ccc2OC1)c1nc2ccccc2[nH]1. The summed E-state index contributed by atoms with van der Waals surface area (Å²) < 4.78 is 5.70. The van der Waals surface area contributed by atoms with E-state index in [1.165, 1.54) is 0 Å². The second kappa shape index (κ2) is 7.08. The van der Waals surface area contributed by atoms with E-state index < -0.39 is 0 Å². The quantitative estimate of drug-likeness (QED) is 0.698. The van der Waals surface area contributed by atoms with Crippen LogP contribution in [-0.2, 0) is 4.79 Å². The molecule has 1 aliphatic heterocycles. The standard InChI is InChI=1S/C21H20ClN3O2/c1-12(2)19(20-23-16-5-3-4-6-17(16)24-20)25-21(26)14-9-13-10-15(22)7-8-18(13)27-11-14/h3-10,12,19H,11H2,1-2H3,(H,23,24)(H,25,26)/t19-/m1/s1. The number of H-pyrrole nitrogens is 1. The summed E-state index contributed by atoms with van der Waals surface area (Å²) in [6.45, 7) is 4.34. The Bertz CT molecular complexity index is 1010. The van der Waals surface area contributed by atoms with Crippen molar-refractivity contribution in [1.29, 1.82) is 0 Å². The van der Waals surface area contributed by atoms with Gasteiger partial charge in [0.15, 0.2) is 0 Å². The number of benzene rings is 2. The number of nitrogens with zero attached hydrogens (tertiary/aromatic N) is 1. The van der Waals surface area contributed by atoms with Crippen LogP contribution < -0.4 is 10.1 Å². The van der Waals surface area contributed by atoms with Gasteiger partial charge in [-0.25, -0.2) is 4.98 Å². The highest BCUT2D eigenvalue weighted by molar-refractivity contribution is 6.30. The molecule has 4 rings (SSSR count). The van der Waals surface area contributed by atoms with Gasteiger partial charge in [0.25, 0.3) is 5.91 Å². The number of aromatic amines is 1. The summed E-state index contributed by atoms with van der Waals surface area (Å²) in [5.41, 5.74) is 3.21. The van der Waals surface area contributed by atoms with Crippen LogP contribution in [0.1, 0.15) is 31.3 Å². The third-order valence-corrected chi connectivity index (χ3v) is 4.87. The first-order valence-electron chi connectivity index (χ1n) is 8.89. The Morgan fingerprint density at radius 3 is 2.85 bits per heavy atom. The first-order valence-corrected chi connectivity index (χ1v) is 9.27. The van der Waals surface area contributed by atoms with E-state index in [1.807, 2.05) is 36.4 Å². The van der Waals surface area contributed by atoms with Crippen molar-refractivity contribution in [1.82, 2.24) is 15.3 Å². The van der Waals surface area contributed by atoms with Crippen LogP contribution >= 0.6 is 11.6 Å². The summed E-state index contributed by atoms with van der Waals surface area (Å²) in [7, 11) is 0. The highest BCUT2D eigenvalue weighted by Crippen LogP contribution is 2.30. The van der Waals surface area contributed by atoms with Gasteiger partial charge in [0, 0.05) is 10.6 Å². The molecular formula is C21H20ClN3O2. The molecule has 0 radical (unpaired) electrons. The second-order valence-corrected chi connectivity index (χ2v) is 7.41. The second-order valence-electron chi connectivity index (χ2n) is 6.97. The van der Waals surface area contributed by atoms with Crippen molar-refractivity contribution in [2.45, 2.75) is 19.9 Å². The number of ether oxygens (including phenoxy) is 1. The lowest BCUT2D eigenvalue weighted by atomic mass is 10.0. The third-order valence-electron chi connectivity index (χ3n) is 4.63. The van der Waals surface area contributed by atoms with Crippen LogP contribution in [0.15, 0.2) is 48.0 Å². The molecule has 3 aromatic rings. The smallest absolute Gasteiger partial charge is 0.251 e. The van der Waals surface area contributed by atoms with Gasteiger partial charge in [-0.1, -0.05) is 37.6 Å². The van der Waals surface area contributed by atoms with Crippen LogP contribution in [0.5, 0.6) is 5.75 Å². The number of hydrogen-bond donors (Lipinski definition) is 2. The Hall–Kier alpha value is -2.79. The van der Waals surface area contributed by atoms with Crippen molar-refractivity contribution in [2.24, 2.45) is 5.92 Å². The summed E-state index contributed by atoms with van der Waals surface area (Å²) in [6.07, 6.45) is 1.83. The molecule has 6 heteroatoms. The molecule has 1 amide bonds. The maximum atomic E-state index is 12.9. The van der Waals surface area contributed by atoms with Crippen LogP contribution in [0.3, 0.4) is 0 Å². The van der Waals surface area contributed by atoms with E-state index in [2.05, 4.69) is 29.1 Å². The number of halogens is 1. The molecule has 2 N–H and O–H groups in total. The summed E-state index contributed by atoms with van der Waals surface area (Å²) in [5, 5.41) is 3.70. The molecule has 27 heavy (non-hydrogen) atoms. The number of fused-ring (bicyclic) bond motifs is 2. The molecule has 0 spiro atoms. The average Bonchev–Trinajstić information content (AvgIpc) is 3.08. The molecule has 138 valence electrons. The van der Waals surface area contributed by atoms with Crippen LogP contribution in [-0.4, -0.2) is 22.5 Å². The number of para-hydroxylation sites is 2. The maximum absolute atomic E-state index is 12.9. The van der Waals surface area contributed by atoms with Gasteiger partial charge in [0.1, 0.15) is 18.2 Å². The molecular weight excluding hydrogens is 362 g/mol. The van der Waals surface area contributed by atoms with E-state index in [0.717, 1.165) is 28.2 Å². The Kier molecular flexibility index (Phi) is 4.62. The molecule has 0 bridgehead atoms. The zero-order chi connectivity index (χ0) is 19.0. The highest BCUT2D eigenvalue weighted by Gasteiger charge is 2.25. The number of carbonyl (C=O) groups is 1. The minimum Gasteiger partial charge on any atom is -0.488 e. The van der Waals surface area contributed by atoms with Gasteiger partial charge < -0.3 is 15.0 Å². The van der Waals surface area contributed by atoms with Crippen LogP contribution in [0.2, 0.25) is 5.02 Å². The van der Waals surface area contributed by atoms with Gasteiger partial charge in [0.05, 0.1) is 22.6 Å². The number of carbonyl (C=O) groups excluding carboxylic acids is 1. The Labute approximate surface area is 162 Å². The van der Waals surface area contributed by atoms with Crippen molar-refractivity contribution >= 4 is 34.6 Å². The number of nitrogens with one attached hydrogen (secondary N) is 2. The molecule has 1 aromatic heterocycles. The Morgan fingerprint density at radius 2 is 2.07 bits per heavy atom. The van der Waals surface area contributed by atoms with Crippen molar-refractivity contribution < 1.29 is 9.53 Å². The molecule has 5 nitrogen and oxygen atoms in total. The lowest BCUT2D eigenvalue weighted by Crippen LogP contribution is -2.35. The van der Waals surface area contributed by atoms with Gasteiger partial charge in [-0.3, -0.25) is 4.79 Å². The Morgan fingerprint density at radius 1 is 1.26 bits per heavy atom. The minimum atomic E-state index is -0.230. The predicted octanol–water partition coefficient (Wildman–Crippen LogP) is 4.51. The molecule has 1 atom stereocenters. The minimum absolute atomic E-state index is 0.167. The summed E-state index contributed by atoms with van der Waals surface area (Å²) in [6, 6.07) is 13.0. The topological polar surface area (TPSA) is 67.0 Å². The number of rotatable bonds is 4. The fourth-order valence-corrected chi connectivity index (χ4v) is 3.36. The largest absolute Gasteiger partial charge is 0.488 e. The third kappa shape index (κ3) is 3.55. The number of imidazole rings is 1. The van der Waals surface area contributed by atoms with E-state index in [1.54, 1.807) is 12.1 Å². The van der Waals surface area contributed by atoms with E-state index in [0.29, 0.717) is 10.6 Å². The van der Waals surface area contributed by atoms with E-state index in [9.17, 15) is 4.79 Å². The van der Waals surface area contributed by atoms with Gasteiger partial charge in [0.2, 0.25) is 0 Å². The van der Waals surface area contributed by atoms with Crippen molar-refractivity contribution in [3.05, 3.63) is 64.4 Å². The van der Waals surface area contributed by atoms with Crippen LogP contribution in [0, 0.1) is 5.92 Å². The summed E-state index contributed by atoms with van der Waals surface area (Å²) >= 11 is 6.05. The van der Waals surface area contributed by atoms with E-state index >= 15 is 0 Å². The average molecular weight is 382 g/mol. The molecule has 0 aliphatic carbocycles. The van der Waals surface area contributed by atoms with Crippen LogP contribution in [0.25, 0.3) is 17.1 Å². The number of aromatic nitrogens is 2. The maximum Gasteiger partial charge on any atom is 0.251 e. The monoisotopic (exact) mass is 381 g/mol. The molecule has 0 fully saturated rings. The fraction of sp³-hybridized carbons (Fsp3) is 0.238. The van der Waals surface area contributed by atoms with Gasteiger partial charge in [-0.05, 0) is 42.3 Å². The molecule has 2 heterocycles. The van der Waals surface area contributed by atoms with Gasteiger partial charge in [-0.2, -0.15) is 0 Å². The fourth-order valence-electron chi connectivity index (χ4n) is 3.18. The lowest BCUT2D eigenvalue weighted by molar-refractivity contribution is -0.118. The normalized spacial score (nSPS) is 14.4. The molecule has 0 saturated heterocycles. The zero-order valence-electron chi connectivity index (χ0n) is 15.1. The van der Waals surface area contributed by atoms with Crippen molar-refractivity contribution in [2.75, 3.05) is 6.61 Å². The lowest BCUT2D eigenvalue weighted by Gasteiger charge is -2.23. The Balaban J connectivity index is 1.59. The molecule has 2 aromatic carbocycles. The first-order chi connectivity index (χ1) is 13.0. The predicted molar refractivity (Wildman–Crippen MR) is 107 cm³/mol. The van der Waals surface area contributed by atoms with E-state index in [-0.39, 0.29) is 24.5 Å². The van der Waals surface area contributed by atoms with Gasteiger partial charge >= 0.3 is 0 Å². The van der Waals surface area contributed by atoms with Crippen molar-refractivity contribution in [3.63, 3.8) is 0 Å². The zero-order valence-corrected chi connectivity index (χ0v) is 15.9. The van der Waals surface area contributed by atoms with Gasteiger partial charge in [-0.15, -0.1) is 0 Å². The number of hydrogen-bond acceptors (Lipinski definition) is 3. The highest BCUT2D eigenvalue weighted by atomic mass is 35.5. The first kappa shape index (κ1) is 17.6. The molecule has 1 aliphatic rings. The summed E-state index contributed by atoms with van der Waals surface area (Å²) in [4.78, 5) is 20.8. The number of amides is 1. The summed E-state index contributed by atoms with van der Waals surface area (Å²) in [5.74, 6) is 1.48. The molecule has 0 saturated carbocycles. The molecule has 0 unspecified atom stereocenters.